The van der Waals surface area contributed by atoms with E-state index in [0.29, 0.717) is 13.1 Å². The molecule has 0 spiro atoms. The molecule has 0 radical (unpaired) electrons. The zero-order valence-electron chi connectivity index (χ0n) is 9.54. The molecule has 0 aromatic carbocycles. The number of hydrogen-bond donors (Lipinski definition) is 3. The van der Waals surface area contributed by atoms with Crippen molar-refractivity contribution < 1.29 is 14.6 Å². The molecule has 1 heterocycles. The van der Waals surface area contributed by atoms with Gasteiger partial charge in [-0.25, -0.2) is 0 Å². The molecule has 0 amide bonds. The Morgan fingerprint density at radius 2 is 2.07 bits per heavy atom. The van der Waals surface area contributed by atoms with Crippen LogP contribution in [0.15, 0.2) is 0 Å². The van der Waals surface area contributed by atoms with Gasteiger partial charge >= 0.3 is 5.97 Å². The summed E-state index contributed by atoms with van der Waals surface area (Å²) in [6.45, 7) is 6.70. The van der Waals surface area contributed by atoms with Gasteiger partial charge in [-0.1, -0.05) is 0 Å². The van der Waals surface area contributed by atoms with Gasteiger partial charge in [-0.3, -0.25) is 4.79 Å². The number of piperazine rings is 1. The average molecular weight is 216 g/mol. The minimum Gasteiger partial charge on any atom is -0.459 e. The van der Waals surface area contributed by atoms with Gasteiger partial charge in [0.1, 0.15) is 11.6 Å². The monoisotopic (exact) mass is 216 g/mol. The van der Waals surface area contributed by atoms with Crippen LogP contribution in [-0.2, 0) is 9.53 Å². The third-order valence-corrected chi connectivity index (χ3v) is 2.13. The highest BCUT2D eigenvalue weighted by molar-refractivity contribution is 5.76. The van der Waals surface area contributed by atoms with Crippen molar-refractivity contribution in [3.63, 3.8) is 0 Å². The van der Waals surface area contributed by atoms with Crippen molar-refractivity contribution in [1.29, 1.82) is 0 Å². The predicted molar refractivity (Wildman–Crippen MR) is 56.5 cm³/mol. The summed E-state index contributed by atoms with van der Waals surface area (Å²) in [5, 5.41) is 15.0. The first-order valence-electron chi connectivity index (χ1n) is 5.23. The Morgan fingerprint density at radius 3 is 2.47 bits per heavy atom. The summed E-state index contributed by atoms with van der Waals surface area (Å²) in [6.07, 6.45) is 0. The molecule has 1 saturated heterocycles. The van der Waals surface area contributed by atoms with E-state index in [0.717, 1.165) is 0 Å². The third kappa shape index (κ3) is 4.15. The first kappa shape index (κ1) is 12.4. The topological polar surface area (TPSA) is 70.6 Å². The lowest BCUT2D eigenvalue weighted by Crippen LogP contribution is -2.59. The zero-order valence-corrected chi connectivity index (χ0v) is 9.54. The number of hydrogen-bond acceptors (Lipinski definition) is 5. The summed E-state index contributed by atoms with van der Waals surface area (Å²) < 4.78 is 5.24. The van der Waals surface area contributed by atoms with Crippen molar-refractivity contribution in [3.8, 4) is 0 Å². The number of rotatable bonds is 2. The van der Waals surface area contributed by atoms with Crippen molar-refractivity contribution in [2.75, 3.05) is 19.7 Å². The van der Waals surface area contributed by atoms with Crippen LogP contribution in [0.3, 0.4) is 0 Å². The molecule has 0 aliphatic carbocycles. The van der Waals surface area contributed by atoms with Gasteiger partial charge in [-0.15, -0.1) is 0 Å². The van der Waals surface area contributed by atoms with E-state index in [1.54, 1.807) is 0 Å². The number of aliphatic hydroxyl groups excluding tert-OH is 1. The van der Waals surface area contributed by atoms with Gasteiger partial charge in [0, 0.05) is 19.1 Å². The lowest BCUT2D eigenvalue weighted by molar-refractivity contribution is -0.157. The molecule has 2 atom stereocenters. The van der Waals surface area contributed by atoms with Gasteiger partial charge < -0.3 is 20.5 Å². The van der Waals surface area contributed by atoms with E-state index in [-0.39, 0.29) is 24.7 Å². The highest BCUT2D eigenvalue weighted by atomic mass is 16.6. The predicted octanol–water partition coefficient (Wildman–Crippen LogP) is -0.750. The Morgan fingerprint density at radius 1 is 1.40 bits per heavy atom. The van der Waals surface area contributed by atoms with E-state index >= 15 is 0 Å². The fraction of sp³-hybridized carbons (Fsp3) is 0.900. The highest BCUT2D eigenvalue weighted by Crippen LogP contribution is 2.09. The summed E-state index contributed by atoms with van der Waals surface area (Å²) >= 11 is 0. The van der Waals surface area contributed by atoms with Gasteiger partial charge in [0.05, 0.1) is 6.61 Å². The van der Waals surface area contributed by atoms with Gasteiger partial charge in [0.2, 0.25) is 0 Å². The second kappa shape index (κ2) is 4.92. The number of esters is 1. The summed E-state index contributed by atoms with van der Waals surface area (Å²) in [4.78, 5) is 11.6. The molecule has 0 aromatic heterocycles. The smallest absolute Gasteiger partial charge is 0.324 e. The Hall–Kier alpha value is -0.650. The largest absolute Gasteiger partial charge is 0.459 e. The van der Waals surface area contributed by atoms with E-state index in [1.807, 2.05) is 20.8 Å². The van der Waals surface area contributed by atoms with Gasteiger partial charge in [-0.05, 0) is 20.8 Å². The lowest BCUT2D eigenvalue weighted by Gasteiger charge is -2.31. The number of carbonyl (C=O) groups excluding carboxylic acids is 1. The molecule has 0 bridgehead atoms. The SMILES string of the molecule is CC(C)(C)OC(=O)C1CNC(CO)CN1. The summed E-state index contributed by atoms with van der Waals surface area (Å²) in [7, 11) is 0. The van der Waals surface area contributed by atoms with Gasteiger partial charge in [0.25, 0.3) is 0 Å². The van der Waals surface area contributed by atoms with Crippen LogP contribution in [0.4, 0.5) is 0 Å². The van der Waals surface area contributed by atoms with Crippen LogP contribution in [0.25, 0.3) is 0 Å². The maximum absolute atomic E-state index is 11.6. The number of ether oxygens (including phenoxy) is 1. The third-order valence-electron chi connectivity index (χ3n) is 2.13. The van der Waals surface area contributed by atoms with Crippen molar-refractivity contribution in [2.24, 2.45) is 0 Å². The fourth-order valence-electron chi connectivity index (χ4n) is 1.38. The van der Waals surface area contributed by atoms with E-state index in [4.69, 9.17) is 9.84 Å². The maximum atomic E-state index is 11.6. The molecule has 5 nitrogen and oxygen atoms in total. The molecule has 88 valence electrons. The van der Waals surface area contributed by atoms with Crippen LogP contribution in [0.5, 0.6) is 0 Å². The second-order valence-electron chi connectivity index (χ2n) is 4.78. The van der Waals surface area contributed by atoms with E-state index in [2.05, 4.69) is 10.6 Å². The maximum Gasteiger partial charge on any atom is 0.324 e. The molecule has 15 heavy (non-hydrogen) atoms. The number of nitrogens with one attached hydrogen (secondary N) is 2. The van der Waals surface area contributed by atoms with Crippen LogP contribution in [0.1, 0.15) is 20.8 Å². The normalized spacial score (nSPS) is 27.5. The Bertz CT molecular complexity index is 217. The van der Waals surface area contributed by atoms with Gasteiger partial charge in [-0.2, -0.15) is 0 Å². The molecule has 0 aromatic rings. The highest BCUT2D eigenvalue weighted by Gasteiger charge is 2.28. The fourth-order valence-corrected chi connectivity index (χ4v) is 1.38. The van der Waals surface area contributed by atoms with Crippen LogP contribution < -0.4 is 10.6 Å². The molecular formula is C10H20N2O3. The van der Waals surface area contributed by atoms with Crippen LogP contribution in [0, 0.1) is 0 Å². The molecule has 1 rings (SSSR count). The first-order valence-corrected chi connectivity index (χ1v) is 5.23. The van der Waals surface area contributed by atoms with Crippen molar-refractivity contribution in [2.45, 2.75) is 38.5 Å². The van der Waals surface area contributed by atoms with E-state index in [1.165, 1.54) is 0 Å². The molecular weight excluding hydrogens is 196 g/mol. The summed E-state index contributed by atoms with van der Waals surface area (Å²) in [5.74, 6) is -0.244. The first-order chi connectivity index (χ1) is 6.92. The molecule has 2 unspecified atom stereocenters. The van der Waals surface area contributed by atoms with E-state index in [9.17, 15) is 4.79 Å². The van der Waals surface area contributed by atoms with Crippen molar-refractivity contribution in [1.82, 2.24) is 10.6 Å². The Balaban J connectivity index is 2.37. The molecule has 1 aliphatic heterocycles. The Labute approximate surface area is 90.2 Å². The number of aliphatic hydroxyl groups is 1. The quantitative estimate of drug-likeness (QED) is 0.530. The lowest BCUT2D eigenvalue weighted by atomic mass is 10.1. The van der Waals surface area contributed by atoms with Crippen LogP contribution in [-0.4, -0.2) is 48.5 Å². The molecule has 3 N–H and O–H groups in total. The standard InChI is InChI=1S/C10H20N2O3/c1-10(2,3)15-9(14)8-5-11-7(6-13)4-12-8/h7-8,11-13H,4-6H2,1-3H3. The Kier molecular flexibility index (Phi) is 4.07. The zero-order chi connectivity index (χ0) is 11.5. The molecule has 5 heteroatoms. The second-order valence-corrected chi connectivity index (χ2v) is 4.78. The minimum atomic E-state index is -0.452. The average Bonchev–Trinajstić information content (AvgIpc) is 2.15. The van der Waals surface area contributed by atoms with Crippen LogP contribution >= 0.6 is 0 Å². The summed E-state index contributed by atoms with van der Waals surface area (Å²) in [6, 6.07) is -0.282. The van der Waals surface area contributed by atoms with Crippen molar-refractivity contribution in [3.05, 3.63) is 0 Å². The van der Waals surface area contributed by atoms with Gasteiger partial charge in [0.15, 0.2) is 0 Å². The van der Waals surface area contributed by atoms with E-state index < -0.39 is 5.60 Å². The van der Waals surface area contributed by atoms with Crippen LogP contribution in [0.2, 0.25) is 0 Å². The molecule has 0 saturated carbocycles. The summed E-state index contributed by atoms with van der Waals surface area (Å²) in [5.41, 5.74) is -0.452. The molecule has 1 fully saturated rings. The number of carbonyl (C=O) groups is 1. The minimum absolute atomic E-state index is 0.0312. The van der Waals surface area contributed by atoms with Crippen molar-refractivity contribution >= 4 is 5.97 Å². The molecule has 1 aliphatic rings.